The summed E-state index contributed by atoms with van der Waals surface area (Å²) in [5, 5.41) is 40.5. The molecule has 0 aliphatic carbocycles. The summed E-state index contributed by atoms with van der Waals surface area (Å²) in [6.45, 7) is 8.73. The maximum absolute atomic E-state index is 13.4. The topological polar surface area (TPSA) is 186 Å². The highest BCUT2D eigenvalue weighted by Gasteiger charge is 2.16. The summed E-state index contributed by atoms with van der Waals surface area (Å²) in [7, 11) is 0. The molecule has 0 saturated carbocycles. The van der Waals surface area contributed by atoms with Crippen LogP contribution in [-0.4, -0.2) is 37.5 Å². The van der Waals surface area contributed by atoms with Crippen LogP contribution in [0, 0.1) is 34.0 Å². The third-order valence-corrected chi connectivity index (χ3v) is 22.0. The van der Waals surface area contributed by atoms with E-state index in [4.69, 9.17) is 14.2 Å². The number of nitriles is 3. The average molecular weight is 1600 g/mol. The predicted molar refractivity (Wildman–Crippen MR) is 498 cm³/mol. The maximum atomic E-state index is 13.4. The fourth-order valence-electron chi connectivity index (χ4n) is 14.7. The second-order valence-corrected chi connectivity index (χ2v) is 31.4. The van der Waals surface area contributed by atoms with Gasteiger partial charge in [-0.25, -0.2) is 0 Å². The largest absolute Gasteiger partial charge is 0.494 e. The summed E-state index contributed by atoms with van der Waals surface area (Å²) in [6.07, 6.45) is 43.5. The second kappa shape index (κ2) is 51.1. The number of rotatable bonds is 51. The molecule has 12 nitrogen and oxygen atoms in total. The first-order valence-electron chi connectivity index (χ1n) is 44.2. The fourth-order valence-corrected chi connectivity index (χ4v) is 14.7. The van der Waals surface area contributed by atoms with Crippen molar-refractivity contribution in [1.82, 2.24) is 0 Å². The summed E-state index contributed by atoms with van der Waals surface area (Å²) >= 11 is 0. The molecule has 0 aromatic heterocycles. The van der Waals surface area contributed by atoms with Crippen LogP contribution in [0.5, 0.6) is 17.2 Å². The number of nitrogens with one attached hydrogen (secondary N) is 3. The highest BCUT2D eigenvalue weighted by atomic mass is 16.5. The van der Waals surface area contributed by atoms with Crippen LogP contribution in [0.1, 0.15) is 278 Å². The molecule has 0 atom stereocenters. The van der Waals surface area contributed by atoms with Crippen LogP contribution in [0.25, 0.3) is 68.3 Å². The average Bonchev–Trinajstić information content (AvgIpc) is 0.794. The zero-order valence-corrected chi connectivity index (χ0v) is 70.9. The van der Waals surface area contributed by atoms with Gasteiger partial charge in [0.05, 0.1) is 54.7 Å². The fraction of sp³-hybridized carbons (Fsp3) is 0.333. The first kappa shape index (κ1) is 90.0. The van der Waals surface area contributed by atoms with Gasteiger partial charge in [-0.05, 0) is 232 Å². The van der Waals surface area contributed by atoms with Crippen molar-refractivity contribution in [2.24, 2.45) is 0 Å². The predicted octanol–water partition coefficient (Wildman–Crippen LogP) is 29.5. The summed E-state index contributed by atoms with van der Waals surface area (Å²) in [6, 6.07) is 81.5. The molecule has 120 heavy (non-hydrogen) atoms. The van der Waals surface area contributed by atoms with E-state index in [2.05, 4.69) is 110 Å². The number of amides is 3. The van der Waals surface area contributed by atoms with Gasteiger partial charge >= 0.3 is 0 Å². The third kappa shape index (κ3) is 30.6. The van der Waals surface area contributed by atoms with E-state index < -0.39 is 0 Å². The Morgan fingerprint density at radius 1 is 0.250 bits per heavy atom. The lowest BCUT2D eigenvalue weighted by Gasteiger charge is -2.12. The van der Waals surface area contributed by atoms with E-state index in [-0.39, 0.29) is 17.7 Å². The molecule has 0 spiro atoms. The lowest BCUT2D eigenvalue weighted by atomic mass is 9.92. The third-order valence-electron chi connectivity index (χ3n) is 22.0. The van der Waals surface area contributed by atoms with Crippen molar-refractivity contribution in [1.29, 1.82) is 15.8 Å². The number of unbranched alkanes of at least 4 members (excludes halogenated alkanes) is 27. The van der Waals surface area contributed by atoms with Crippen LogP contribution in [0.15, 0.2) is 237 Å². The molecule has 10 rings (SSSR count). The number of hydrogen-bond donors (Lipinski definition) is 3. The van der Waals surface area contributed by atoms with E-state index in [0.717, 1.165) is 106 Å². The lowest BCUT2D eigenvalue weighted by molar-refractivity contribution is 0.101. The Balaban J connectivity index is 0.784. The van der Waals surface area contributed by atoms with E-state index >= 15 is 0 Å². The van der Waals surface area contributed by atoms with Gasteiger partial charge in [0.2, 0.25) is 0 Å². The van der Waals surface area contributed by atoms with E-state index in [1.165, 1.54) is 154 Å². The standard InChI is InChI=1S/C108H120N6O6/c1-4-7-10-13-16-19-22-25-28-31-70-118-103-64-52-91(53-65-103)106(115)112-100-58-46-88(47-59-100)97(79-109)73-82-34-40-85(41-35-82)94-76-95(86-42-36-83(37-43-86)74-98(80-110)89-48-60-101(61-49-89)113-107(116)92-54-66-104(67-55-92)119-71-32-29-26-23-20-17-14-11-8-5-2)78-96(77-94)87-44-38-84(39-45-87)75-99(81-111)90-50-62-102(63-51-90)114-108(117)93-56-68-105(69-57-93)120-72-33-30-27-24-21-18-15-12-9-6-3/h34-69,73-78H,4-33,70-72H2,1-3H3,(H,112,115)(H,113,116)(H,114,117)/b97-73+,98-74+,99-75+. The minimum atomic E-state index is -0.239. The van der Waals surface area contributed by atoms with Gasteiger partial charge in [0.1, 0.15) is 17.2 Å². The Hall–Kier alpha value is -12.3. The number of ether oxygens (including phenoxy) is 3. The van der Waals surface area contributed by atoms with E-state index in [1.807, 2.05) is 127 Å². The van der Waals surface area contributed by atoms with Crippen LogP contribution in [0.2, 0.25) is 0 Å². The zero-order valence-electron chi connectivity index (χ0n) is 70.9. The number of allylic oxidation sites excluding steroid dienone is 3. The quantitative estimate of drug-likeness (QED) is 0.0189. The minimum absolute atomic E-state index is 0.239. The molecule has 10 aromatic carbocycles. The Morgan fingerprint density at radius 2 is 0.450 bits per heavy atom. The van der Waals surface area contributed by atoms with Crippen molar-refractivity contribution in [3.63, 3.8) is 0 Å². The van der Waals surface area contributed by atoms with Crippen molar-refractivity contribution in [3.05, 3.63) is 287 Å². The Labute approximate surface area is 714 Å². The van der Waals surface area contributed by atoms with Gasteiger partial charge in [0.15, 0.2) is 0 Å². The number of carbonyl (C=O) groups is 3. The number of carbonyl (C=O) groups excluding carboxylic acids is 3. The van der Waals surface area contributed by atoms with E-state index in [9.17, 15) is 30.2 Å². The normalized spacial score (nSPS) is 11.4. The Morgan fingerprint density at radius 3 is 0.658 bits per heavy atom. The van der Waals surface area contributed by atoms with Crippen molar-refractivity contribution in [2.45, 2.75) is 213 Å². The monoisotopic (exact) mass is 1600 g/mol. The van der Waals surface area contributed by atoms with E-state index in [0.29, 0.717) is 87.0 Å². The molecule has 3 N–H and O–H groups in total. The van der Waals surface area contributed by atoms with Crippen molar-refractivity contribution in [2.75, 3.05) is 35.8 Å². The highest BCUT2D eigenvalue weighted by Crippen LogP contribution is 2.36. The molecule has 0 aliphatic rings. The molecule has 10 aromatic rings. The summed E-state index contributed by atoms with van der Waals surface area (Å²) in [5.41, 5.74) is 15.1. The van der Waals surface area contributed by atoms with Gasteiger partial charge < -0.3 is 30.2 Å². The van der Waals surface area contributed by atoms with Crippen molar-refractivity contribution >= 4 is 69.7 Å². The van der Waals surface area contributed by atoms with Crippen LogP contribution in [-0.2, 0) is 0 Å². The van der Waals surface area contributed by atoms with Crippen LogP contribution < -0.4 is 30.2 Å². The molecule has 0 fully saturated rings. The molecular formula is C108H120N6O6. The van der Waals surface area contributed by atoms with Gasteiger partial charge in [0, 0.05) is 33.8 Å². The Bertz CT molecular complexity index is 4490. The van der Waals surface area contributed by atoms with Gasteiger partial charge in [-0.1, -0.05) is 303 Å². The molecule has 12 heteroatoms. The van der Waals surface area contributed by atoms with Crippen LogP contribution in [0.4, 0.5) is 17.1 Å². The molecule has 0 bridgehead atoms. The molecule has 3 amide bonds. The minimum Gasteiger partial charge on any atom is -0.494 e. The molecule has 0 radical (unpaired) electrons. The van der Waals surface area contributed by atoms with Crippen LogP contribution in [0.3, 0.4) is 0 Å². The molecule has 0 aliphatic heterocycles. The Kier molecular flexibility index (Phi) is 38.4. The van der Waals surface area contributed by atoms with Gasteiger partial charge in [-0.2, -0.15) is 15.8 Å². The first-order valence-corrected chi connectivity index (χ1v) is 44.2. The second-order valence-electron chi connectivity index (χ2n) is 31.4. The molecule has 0 saturated heterocycles. The number of nitrogens with zero attached hydrogens (tertiary/aromatic N) is 3. The first-order chi connectivity index (χ1) is 59.0. The zero-order chi connectivity index (χ0) is 84.0. The smallest absolute Gasteiger partial charge is 0.255 e. The number of anilines is 3. The molecule has 0 heterocycles. The van der Waals surface area contributed by atoms with Gasteiger partial charge in [-0.15, -0.1) is 0 Å². The van der Waals surface area contributed by atoms with Gasteiger partial charge in [-0.3, -0.25) is 14.4 Å². The van der Waals surface area contributed by atoms with Crippen molar-refractivity contribution in [3.8, 4) is 68.8 Å². The number of hydrogen-bond acceptors (Lipinski definition) is 9. The van der Waals surface area contributed by atoms with E-state index in [1.54, 1.807) is 72.8 Å². The van der Waals surface area contributed by atoms with Crippen LogP contribution >= 0.6 is 0 Å². The molecule has 0 unspecified atom stereocenters. The summed E-state index contributed by atoms with van der Waals surface area (Å²) < 4.78 is 18.0. The molecular weight excluding hydrogens is 1480 g/mol. The number of benzene rings is 10. The molecule has 618 valence electrons. The van der Waals surface area contributed by atoms with Gasteiger partial charge in [0.25, 0.3) is 17.7 Å². The SMILES string of the molecule is CCCCCCCCCCCCOc1ccc(C(=O)Nc2ccc(/C(C#N)=C/c3ccc(-c4cc(-c5ccc(/C=C(\C#N)c6ccc(NC(=O)c7ccc(OCCCCCCCCCCCC)cc7)cc6)cc5)cc(-c5ccc(/C=C(\C#N)c6ccc(NC(=O)c7ccc(OCCCCCCCCCCCC)cc7)cc6)cc5)c4)cc3)cc2)cc1. The highest BCUT2D eigenvalue weighted by molar-refractivity contribution is 6.06. The summed E-state index contributed by atoms with van der Waals surface area (Å²) in [4.78, 5) is 40.1. The van der Waals surface area contributed by atoms with Crippen molar-refractivity contribution < 1.29 is 28.6 Å². The maximum Gasteiger partial charge on any atom is 0.255 e. The summed E-state index contributed by atoms with van der Waals surface area (Å²) in [5.74, 6) is 1.52. The lowest BCUT2D eigenvalue weighted by Crippen LogP contribution is -2.11.